The molecular formula is C16H28O2. The maximum Gasteiger partial charge on any atom is 0.333 e. The zero-order valence-electron chi connectivity index (χ0n) is 12.5. The highest BCUT2D eigenvalue weighted by Gasteiger charge is 2.44. The molecule has 0 atom stereocenters. The molecule has 0 N–H and O–H groups in total. The Morgan fingerprint density at radius 3 is 1.89 bits per heavy atom. The first-order valence-electron chi connectivity index (χ1n) is 7.17. The Hall–Kier alpha value is -0.790. The van der Waals surface area contributed by atoms with E-state index in [0.29, 0.717) is 5.57 Å². The molecule has 1 aliphatic rings. The van der Waals surface area contributed by atoms with E-state index in [-0.39, 0.29) is 17.0 Å². The third kappa shape index (κ3) is 3.60. The van der Waals surface area contributed by atoms with Gasteiger partial charge in [0.1, 0.15) is 5.60 Å². The van der Waals surface area contributed by atoms with E-state index >= 15 is 0 Å². The van der Waals surface area contributed by atoms with Crippen LogP contribution in [-0.2, 0) is 9.53 Å². The third-order valence-corrected chi connectivity index (χ3v) is 4.16. The topological polar surface area (TPSA) is 26.3 Å². The van der Waals surface area contributed by atoms with Gasteiger partial charge in [-0.2, -0.15) is 0 Å². The molecule has 0 aromatic carbocycles. The molecule has 1 rings (SSSR count). The zero-order chi connectivity index (χ0) is 13.8. The Bertz CT molecular complexity index is 302. The molecule has 0 bridgehead atoms. The normalized spacial score (nSPS) is 20.7. The molecule has 104 valence electrons. The van der Waals surface area contributed by atoms with Crippen molar-refractivity contribution in [3.63, 3.8) is 0 Å². The van der Waals surface area contributed by atoms with Crippen LogP contribution in [0.4, 0.5) is 0 Å². The quantitative estimate of drug-likeness (QED) is 0.529. The second kappa shape index (κ2) is 5.90. The SMILES string of the molecule is C=C(C)C(=O)OC1(C(C)(C)C)CCCCCCC1. The van der Waals surface area contributed by atoms with Crippen LogP contribution in [-0.4, -0.2) is 11.6 Å². The molecule has 0 spiro atoms. The molecule has 1 saturated carbocycles. The lowest BCUT2D eigenvalue weighted by Gasteiger charge is -2.45. The predicted octanol–water partition coefficient (Wildman–Crippen LogP) is 4.63. The molecule has 2 nitrogen and oxygen atoms in total. The minimum absolute atomic E-state index is 0.0184. The first kappa shape index (κ1) is 15.3. The van der Waals surface area contributed by atoms with Crippen LogP contribution < -0.4 is 0 Å². The van der Waals surface area contributed by atoms with Crippen LogP contribution in [0.5, 0.6) is 0 Å². The molecule has 0 unspecified atom stereocenters. The number of rotatable bonds is 2. The largest absolute Gasteiger partial charge is 0.455 e. The van der Waals surface area contributed by atoms with Crippen molar-refractivity contribution in [2.75, 3.05) is 0 Å². The van der Waals surface area contributed by atoms with E-state index in [1.807, 2.05) is 0 Å². The monoisotopic (exact) mass is 252 g/mol. The Morgan fingerprint density at radius 2 is 1.50 bits per heavy atom. The maximum atomic E-state index is 11.9. The Balaban J connectivity index is 2.92. The van der Waals surface area contributed by atoms with Crippen molar-refractivity contribution in [3.05, 3.63) is 12.2 Å². The lowest BCUT2D eigenvalue weighted by molar-refractivity contribution is -0.172. The van der Waals surface area contributed by atoms with E-state index in [0.717, 1.165) is 25.7 Å². The number of ether oxygens (including phenoxy) is 1. The highest BCUT2D eigenvalue weighted by Crippen LogP contribution is 2.43. The molecule has 0 aromatic heterocycles. The Morgan fingerprint density at radius 1 is 1.06 bits per heavy atom. The van der Waals surface area contributed by atoms with Gasteiger partial charge >= 0.3 is 5.97 Å². The van der Waals surface area contributed by atoms with Crippen LogP contribution in [0, 0.1) is 5.41 Å². The van der Waals surface area contributed by atoms with Crippen molar-refractivity contribution in [2.45, 2.75) is 78.2 Å². The van der Waals surface area contributed by atoms with Gasteiger partial charge in [-0.3, -0.25) is 0 Å². The fourth-order valence-corrected chi connectivity index (χ4v) is 2.75. The van der Waals surface area contributed by atoms with Crippen molar-refractivity contribution in [1.29, 1.82) is 0 Å². The number of hydrogen-bond donors (Lipinski definition) is 0. The third-order valence-electron chi connectivity index (χ3n) is 4.16. The number of carbonyl (C=O) groups is 1. The van der Waals surface area contributed by atoms with Crippen LogP contribution in [0.1, 0.15) is 72.6 Å². The molecule has 1 aliphatic carbocycles. The second-order valence-corrected chi connectivity index (χ2v) is 6.68. The molecule has 18 heavy (non-hydrogen) atoms. The van der Waals surface area contributed by atoms with Crippen LogP contribution in [0.3, 0.4) is 0 Å². The van der Waals surface area contributed by atoms with Gasteiger partial charge in [0.15, 0.2) is 0 Å². The molecule has 0 aliphatic heterocycles. The van der Waals surface area contributed by atoms with E-state index < -0.39 is 0 Å². The van der Waals surface area contributed by atoms with Crippen LogP contribution in [0.15, 0.2) is 12.2 Å². The first-order chi connectivity index (χ1) is 8.28. The van der Waals surface area contributed by atoms with Gasteiger partial charge in [-0.15, -0.1) is 0 Å². The summed E-state index contributed by atoms with van der Waals surface area (Å²) in [7, 11) is 0. The summed E-state index contributed by atoms with van der Waals surface area (Å²) in [6.45, 7) is 12.0. The van der Waals surface area contributed by atoms with Crippen molar-refractivity contribution in [1.82, 2.24) is 0 Å². The van der Waals surface area contributed by atoms with E-state index in [2.05, 4.69) is 27.4 Å². The standard InChI is InChI=1S/C16H28O2/c1-13(2)14(17)18-16(15(3,4)5)11-9-7-6-8-10-12-16/h1,6-12H2,2-5H3. The first-order valence-corrected chi connectivity index (χ1v) is 7.17. The van der Waals surface area contributed by atoms with Crippen molar-refractivity contribution in [3.8, 4) is 0 Å². The van der Waals surface area contributed by atoms with Crippen molar-refractivity contribution < 1.29 is 9.53 Å². The molecule has 0 aromatic rings. The highest BCUT2D eigenvalue weighted by atomic mass is 16.6. The van der Waals surface area contributed by atoms with Gasteiger partial charge in [0.25, 0.3) is 0 Å². The summed E-state index contributed by atoms with van der Waals surface area (Å²) in [5.74, 6) is -0.231. The lowest BCUT2D eigenvalue weighted by atomic mass is 9.69. The molecule has 0 saturated heterocycles. The lowest BCUT2D eigenvalue weighted by Crippen LogP contribution is -2.47. The Labute approximate surface area is 112 Å². The summed E-state index contributed by atoms with van der Waals surface area (Å²) in [6, 6.07) is 0. The molecule has 0 heterocycles. The maximum absolute atomic E-state index is 11.9. The van der Waals surface area contributed by atoms with Gasteiger partial charge in [0.2, 0.25) is 0 Å². The van der Waals surface area contributed by atoms with E-state index in [1.165, 1.54) is 19.3 Å². The predicted molar refractivity (Wildman–Crippen MR) is 75.4 cm³/mol. The van der Waals surface area contributed by atoms with Gasteiger partial charge in [-0.25, -0.2) is 4.79 Å². The van der Waals surface area contributed by atoms with Gasteiger partial charge in [0.05, 0.1) is 0 Å². The van der Waals surface area contributed by atoms with Crippen molar-refractivity contribution >= 4 is 5.97 Å². The summed E-state index contributed by atoms with van der Waals surface area (Å²) >= 11 is 0. The van der Waals surface area contributed by atoms with E-state index in [1.54, 1.807) is 6.92 Å². The summed E-state index contributed by atoms with van der Waals surface area (Å²) in [4.78, 5) is 11.9. The molecule has 0 amide bonds. The second-order valence-electron chi connectivity index (χ2n) is 6.68. The van der Waals surface area contributed by atoms with Gasteiger partial charge < -0.3 is 4.74 Å². The number of hydrogen-bond acceptors (Lipinski definition) is 2. The fraction of sp³-hybridized carbons (Fsp3) is 0.812. The van der Waals surface area contributed by atoms with Crippen molar-refractivity contribution in [2.24, 2.45) is 5.41 Å². The van der Waals surface area contributed by atoms with Gasteiger partial charge in [-0.1, -0.05) is 46.6 Å². The summed E-state index contributed by atoms with van der Waals surface area (Å²) in [5.41, 5.74) is 0.166. The Kier molecular flexibility index (Phi) is 5.01. The summed E-state index contributed by atoms with van der Waals surface area (Å²) in [5, 5.41) is 0. The average molecular weight is 252 g/mol. The van der Waals surface area contributed by atoms with E-state index in [9.17, 15) is 4.79 Å². The fourth-order valence-electron chi connectivity index (χ4n) is 2.75. The number of esters is 1. The zero-order valence-corrected chi connectivity index (χ0v) is 12.5. The highest BCUT2D eigenvalue weighted by molar-refractivity contribution is 5.87. The molecule has 1 fully saturated rings. The average Bonchev–Trinajstić information content (AvgIpc) is 2.19. The molecule has 0 radical (unpaired) electrons. The summed E-state index contributed by atoms with van der Waals surface area (Å²) < 4.78 is 5.90. The van der Waals surface area contributed by atoms with Crippen LogP contribution >= 0.6 is 0 Å². The smallest absolute Gasteiger partial charge is 0.333 e. The molecule has 2 heteroatoms. The minimum atomic E-state index is -0.316. The van der Waals surface area contributed by atoms with Gasteiger partial charge in [-0.05, 0) is 32.6 Å². The summed E-state index contributed by atoms with van der Waals surface area (Å²) in [6.07, 6.45) is 8.09. The van der Waals surface area contributed by atoms with Crippen LogP contribution in [0.25, 0.3) is 0 Å². The van der Waals surface area contributed by atoms with Crippen LogP contribution in [0.2, 0.25) is 0 Å². The minimum Gasteiger partial charge on any atom is -0.455 e. The van der Waals surface area contributed by atoms with Gasteiger partial charge in [0, 0.05) is 11.0 Å². The number of carbonyl (C=O) groups excluding carboxylic acids is 1. The molecular weight excluding hydrogens is 224 g/mol. The van der Waals surface area contributed by atoms with E-state index in [4.69, 9.17) is 4.74 Å².